The fourth-order valence-electron chi connectivity index (χ4n) is 1.03. The van der Waals surface area contributed by atoms with Crippen molar-refractivity contribution in [2.75, 3.05) is 0 Å². The standard InChI is InChI=1S/C10H13NS/c1-5-9(7(2)3)10-11-6-8(4)12-10/h5-6H,2H2,1,3-4H3/b9-5+. The number of rotatable bonds is 2. The van der Waals surface area contributed by atoms with Crippen LogP contribution in [0.3, 0.4) is 0 Å². The van der Waals surface area contributed by atoms with E-state index in [1.165, 1.54) is 4.88 Å². The maximum Gasteiger partial charge on any atom is 0.123 e. The van der Waals surface area contributed by atoms with Gasteiger partial charge >= 0.3 is 0 Å². The van der Waals surface area contributed by atoms with Gasteiger partial charge in [0.1, 0.15) is 5.01 Å². The zero-order valence-corrected chi connectivity index (χ0v) is 8.53. The van der Waals surface area contributed by atoms with Gasteiger partial charge in [0, 0.05) is 16.6 Å². The molecule has 0 aliphatic heterocycles. The van der Waals surface area contributed by atoms with Crippen LogP contribution in [0.1, 0.15) is 23.7 Å². The van der Waals surface area contributed by atoms with Crippen molar-refractivity contribution in [1.82, 2.24) is 4.98 Å². The number of hydrogen-bond acceptors (Lipinski definition) is 2. The van der Waals surface area contributed by atoms with Gasteiger partial charge in [0.2, 0.25) is 0 Å². The van der Waals surface area contributed by atoms with Gasteiger partial charge in [-0.3, -0.25) is 0 Å². The first-order chi connectivity index (χ1) is 5.65. The first-order valence-corrected chi connectivity index (χ1v) is 4.71. The molecule has 0 bridgehead atoms. The molecule has 64 valence electrons. The summed E-state index contributed by atoms with van der Waals surface area (Å²) in [5.41, 5.74) is 2.24. The van der Waals surface area contributed by atoms with Crippen molar-refractivity contribution in [1.29, 1.82) is 0 Å². The van der Waals surface area contributed by atoms with Crippen molar-refractivity contribution >= 4 is 16.9 Å². The Morgan fingerprint density at radius 2 is 2.33 bits per heavy atom. The van der Waals surface area contributed by atoms with Crippen LogP contribution in [0.2, 0.25) is 0 Å². The fourth-order valence-corrected chi connectivity index (χ4v) is 1.95. The van der Waals surface area contributed by atoms with E-state index in [2.05, 4.69) is 24.6 Å². The van der Waals surface area contributed by atoms with E-state index in [-0.39, 0.29) is 0 Å². The van der Waals surface area contributed by atoms with E-state index in [0.29, 0.717) is 0 Å². The lowest BCUT2D eigenvalue weighted by Gasteiger charge is -1.99. The molecule has 0 saturated carbocycles. The van der Waals surface area contributed by atoms with Crippen LogP contribution >= 0.6 is 11.3 Å². The van der Waals surface area contributed by atoms with Crippen molar-refractivity contribution in [3.8, 4) is 0 Å². The molecule has 12 heavy (non-hydrogen) atoms. The summed E-state index contributed by atoms with van der Waals surface area (Å²) in [5, 5.41) is 1.07. The summed E-state index contributed by atoms with van der Waals surface area (Å²) in [6.45, 7) is 9.99. The first-order valence-electron chi connectivity index (χ1n) is 3.90. The molecule has 1 heterocycles. The third-order valence-corrected chi connectivity index (χ3v) is 2.55. The van der Waals surface area contributed by atoms with E-state index >= 15 is 0 Å². The smallest absolute Gasteiger partial charge is 0.123 e. The van der Waals surface area contributed by atoms with Gasteiger partial charge in [0.05, 0.1) is 0 Å². The highest BCUT2D eigenvalue weighted by atomic mass is 32.1. The number of thiazole rings is 1. The number of nitrogens with zero attached hydrogens (tertiary/aromatic N) is 1. The zero-order chi connectivity index (χ0) is 9.14. The molecule has 1 rings (SSSR count). The van der Waals surface area contributed by atoms with Crippen molar-refractivity contribution in [2.24, 2.45) is 0 Å². The highest BCUT2D eigenvalue weighted by molar-refractivity contribution is 7.12. The first kappa shape index (κ1) is 9.20. The Labute approximate surface area is 77.5 Å². The maximum atomic E-state index is 4.30. The van der Waals surface area contributed by atoms with Crippen LogP contribution in [-0.4, -0.2) is 4.98 Å². The number of hydrogen-bond donors (Lipinski definition) is 0. The molecule has 0 saturated heterocycles. The fraction of sp³-hybridized carbons (Fsp3) is 0.300. The van der Waals surface area contributed by atoms with Crippen LogP contribution in [0, 0.1) is 6.92 Å². The quantitative estimate of drug-likeness (QED) is 0.634. The summed E-state index contributed by atoms with van der Waals surface area (Å²) in [6, 6.07) is 0. The van der Waals surface area contributed by atoms with Crippen molar-refractivity contribution < 1.29 is 0 Å². The summed E-state index contributed by atoms with van der Waals surface area (Å²) in [4.78, 5) is 5.54. The van der Waals surface area contributed by atoms with Gasteiger partial charge in [-0.25, -0.2) is 4.98 Å². The van der Waals surface area contributed by atoms with Crippen LogP contribution in [0.4, 0.5) is 0 Å². The minimum absolute atomic E-state index is 1.07. The lowest BCUT2D eigenvalue weighted by Crippen LogP contribution is -1.81. The van der Waals surface area contributed by atoms with Crippen LogP contribution in [0.15, 0.2) is 24.4 Å². The molecule has 0 fully saturated rings. The summed E-state index contributed by atoms with van der Waals surface area (Å²) >= 11 is 1.71. The maximum absolute atomic E-state index is 4.30. The van der Waals surface area contributed by atoms with Crippen molar-refractivity contribution in [2.45, 2.75) is 20.8 Å². The second kappa shape index (κ2) is 3.68. The van der Waals surface area contributed by atoms with Gasteiger partial charge in [-0.05, 0) is 26.3 Å². The average Bonchev–Trinajstić information content (AvgIpc) is 2.37. The summed E-state index contributed by atoms with van der Waals surface area (Å²) < 4.78 is 0. The van der Waals surface area contributed by atoms with E-state index in [0.717, 1.165) is 16.2 Å². The van der Waals surface area contributed by atoms with Gasteiger partial charge in [0.15, 0.2) is 0 Å². The topological polar surface area (TPSA) is 12.9 Å². The Balaban J connectivity index is 3.04. The molecular formula is C10H13NS. The molecular weight excluding hydrogens is 166 g/mol. The van der Waals surface area contributed by atoms with E-state index in [4.69, 9.17) is 0 Å². The molecule has 0 unspecified atom stereocenters. The Morgan fingerprint density at radius 3 is 2.67 bits per heavy atom. The molecule has 1 aromatic rings. The molecule has 0 radical (unpaired) electrons. The Hall–Kier alpha value is -0.890. The molecule has 1 nitrogen and oxygen atoms in total. The monoisotopic (exact) mass is 179 g/mol. The third kappa shape index (κ3) is 1.83. The van der Waals surface area contributed by atoms with Crippen LogP contribution in [0.25, 0.3) is 5.57 Å². The molecule has 0 N–H and O–H groups in total. The average molecular weight is 179 g/mol. The second-order valence-corrected chi connectivity index (χ2v) is 3.99. The molecule has 0 aliphatic carbocycles. The summed E-state index contributed by atoms with van der Waals surface area (Å²) in [7, 11) is 0. The van der Waals surface area contributed by atoms with Crippen molar-refractivity contribution in [3.05, 3.63) is 34.3 Å². The van der Waals surface area contributed by atoms with Gasteiger partial charge in [-0.15, -0.1) is 11.3 Å². The Bertz CT molecular complexity index is 320. The van der Waals surface area contributed by atoms with Gasteiger partial charge in [-0.2, -0.15) is 0 Å². The second-order valence-electron chi connectivity index (χ2n) is 2.76. The Morgan fingerprint density at radius 1 is 1.67 bits per heavy atom. The molecule has 0 aliphatic rings. The normalized spacial score (nSPS) is 11.8. The molecule has 0 atom stereocenters. The van der Waals surface area contributed by atoms with Gasteiger partial charge in [-0.1, -0.05) is 12.7 Å². The van der Waals surface area contributed by atoms with E-state index in [9.17, 15) is 0 Å². The molecule has 2 heteroatoms. The SMILES string of the molecule is C=C(C)/C(=C\C)c1ncc(C)s1. The highest BCUT2D eigenvalue weighted by Gasteiger charge is 2.04. The van der Waals surface area contributed by atoms with Crippen LogP contribution in [-0.2, 0) is 0 Å². The third-order valence-electron chi connectivity index (χ3n) is 1.60. The molecule has 0 aromatic carbocycles. The zero-order valence-electron chi connectivity index (χ0n) is 7.72. The van der Waals surface area contributed by atoms with E-state index < -0.39 is 0 Å². The van der Waals surface area contributed by atoms with Gasteiger partial charge in [0.25, 0.3) is 0 Å². The lowest BCUT2D eigenvalue weighted by atomic mass is 10.1. The van der Waals surface area contributed by atoms with E-state index in [1.807, 2.05) is 20.0 Å². The summed E-state index contributed by atoms with van der Waals surface area (Å²) in [6.07, 6.45) is 3.95. The Kier molecular flexibility index (Phi) is 2.82. The minimum Gasteiger partial charge on any atom is -0.244 e. The lowest BCUT2D eigenvalue weighted by molar-refractivity contribution is 1.33. The predicted molar refractivity (Wildman–Crippen MR) is 55.3 cm³/mol. The summed E-state index contributed by atoms with van der Waals surface area (Å²) in [5.74, 6) is 0. The molecule has 1 aromatic heterocycles. The van der Waals surface area contributed by atoms with Crippen molar-refractivity contribution in [3.63, 3.8) is 0 Å². The number of allylic oxidation sites excluding steroid dienone is 3. The largest absolute Gasteiger partial charge is 0.244 e. The van der Waals surface area contributed by atoms with E-state index in [1.54, 1.807) is 11.3 Å². The number of aromatic nitrogens is 1. The molecule has 0 spiro atoms. The highest BCUT2D eigenvalue weighted by Crippen LogP contribution is 2.25. The molecule has 0 amide bonds. The van der Waals surface area contributed by atoms with Gasteiger partial charge < -0.3 is 0 Å². The van der Waals surface area contributed by atoms with Crippen LogP contribution < -0.4 is 0 Å². The predicted octanol–water partition coefficient (Wildman–Crippen LogP) is 3.43. The number of aryl methyl sites for hydroxylation is 1. The van der Waals surface area contributed by atoms with Crippen LogP contribution in [0.5, 0.6) is 0 Å². The minimum atomic E-state index is 1.07.